The third-order valence-corrected chi connectivity index (χ3v) is 5.15. The third-order valence-electron chi connectivity index (χ3n) is 5.15. The Morgan fingerprint density at radius 2 is 1.76 bits per heavy atom. The topological polar surface area (TPSA) is 76.6 Å². The van der Waals surface area contributed by atoms with Crippen molar-refractivity contribution >= 4 is 11.6 Å². The van der Waals surface area contributed by atoms with Crippen LogP contribution in [0.5, 0.6) is 0 Å². The van der Waals surface area contributed by atoms with Crippen molar-refractivity contribution in [3.63, 3.8) is 0 Å². The van der Waals surface area contributed by atoms with Crippen molar-refractivity contribution in [2.24, 2.45) is 0 Å². The summed E-state index contributed by atoms with van der Waals surface area (Å²) in [6.07, 6.45) is 0.323. The molecule has 0 bridgehead atoms. The first-order valence-corrected chi connectivity index (χ1v) is 10.1. The van der Waals surface area contributed by atoms with Crippen molar-refractivity contribution in [1.29, 1.82) is 5.26 Å². The molecule has 1 aromatic heterocycles. The first-order chi connectivity index (χ1) is 13.9. The standard InChI is InChI=1S/C22H29N5O2/c1-17-11-18(2)13-21(12-17)27(6-4-5-23)22(28)16-26-9-7-25(8-10-26)15-20-14-19(3)29-24-20/h11-14H,4,6-10,15-16H2,1-3H3. The molecule has 29 heavy (non-hydrogen) atoms. The number of hydrogen-bond donors (Lipinski definition) is 0. The summed E-state index contributed by atoms with van der Waals surface area (Å²) >= 11 is 0. The number of carbonyl (C=O) groups excluding carboxylic acids is 1. The van der Waals surface area contributed by atoms with Crippen LogP contribution >= 0.6 is 0 Å². The van der Waals surface area contributed by atoms with Crippen molar-refractivity contribution in [2.75, 3.05) is 44.2 Å². The van der Waals surface area contributed by atoms with Gasteiger partial charge in [-0.2, -0.15) is 5.26 Å². The highest BCUT2D eigenvalue weighted by Crippen LogP contribution is 2.20. The fourth-order valence-electron chi connectivity index (χ4n) is 3.77. The highest BCUT2D eigenvalue weighted by molar-refractivity contribution is 5.95. The van der Waals surface area contributed by atoms with E-state index in [-0.39, 0.29) is 5.91 Å². The summed E-state index contributed by atoms with van der Waals surface area (Å²) < 4.78 is 5.14. The fourth-order valence-corrected chi connectivity index (χ4v) is 3.77. The van der Waals surface area contributed by atoms with E-state index in [1.165, 1.54) is 0 Å². The van der Waals surface area contributed by atoms with Gasteiger partial charge >= 0.3 is 0 Å². The minimum Gasteiger partial charge on any atom is -0.361 e. The highest BCUT2D eigenvalue weighted by atomic mass is 16.5. The predicted molar refractivity (Wildman–Crippen MR) is 111 cm³/mol. The van der Waals surface area contributed by atoms with Gasteiger partial charge in [-0.1, -0.05) is 11.2 Å². The van der Waals surface area contributed by atoms with E-state index in [1.54, 1.807) is 4.90 Å². The minimum atomic E-state index is 0.0471. The molecular formula is C22H29N5O2. The fraction of sp³-hybridized carbons (Fsp3) is 0.500. The summed E-state index contributed by atoms with van der Waals surface area (Å²) in [7, 11) is 0. The van der Waals surface area contributed by atoms with Crippen LogP contribution in [0.1, 0.15) is 29.0 Å². The molecule has 0 aliphatic carbocycles. The van der Waals surface area contributed by atoms with E-state index in [1.807, 2.05) is 39.0 Å². The monoisotopic (exact) mass is 395 g/mol. The Morgan fingerprint density at radius 3 is 2.34 bits per heavy atom. The van der Waals surface area contributed by atoms with Crippen molar-refractivity contribution in [3.8, 4) is 6.07 Å². The molecule has 1 aliphatic rings. The van der Waals surface area contributed by atoms with Crippen LogP contribution < -0.4 is 4.90 Å². The number of hydrogen-bond acceptors (Lipinski definition) is 6. The van der Waals surface area contributed by atoms with E-state index in [0.717, 1.165) is 61.0 Å². The van der Waals surface area contributed by atoms with Gasteiger partial charge in [0.25, 0.3) is 0 Å². The maximum absolute atomic E-state index is 13.1. The van der Waals surface area contributed by atoms with Gasteiger partial charge in [-0.3, -0.25) is 14.6 Å². The van der Waals surface area contributed by atoms with Crippen LogP contribution in [0.4, 0.5) is 5.69 Å². The van der Waals surface area contributed by atoms with Gasteiger partial charge in [-0.25, -0.2) is 0 Å². The Bertz CT molecular complexity index is 857. The molecule has 0 atom stereocenters. The first-order valence-electron chi connectivity index (χ1n) is 10.1. The number of benzene rings is 1. The summed E-state index contributed by atoms with van der Waals surface area (Å²) in [5, 5.41) is 13.1. The molecule has 0 spiro atoms. The van der Waals surface area contributed by atoms with Crippen molar-refractivity contribution in [3.05, 3.63) is 46.8 Å². The first kappa shape index (κ1) is 21.0. The quantitative estimate of drug-likeness (QED) is 0.717. The largest absolute Gasteiger partial charge is 0.361 e. The highest BCUT2D eigenvalue weighted by Gasteiger charge is 2.23. The van der Waals surface area contributed by atoms with Crippen LogP contribution in [0.2, 0.25) is 0 Å². The Labute approximate surface area is 172 Å². The molecular weight excluding hydrogens is 366 g/mol. The van der Waals surface area contributed by atoms with E-state index in [0.29, 0.717) is 19.5 Å². The van der Waals surface area contributed by atoms with E-state index in [9.17, 15) is 4.79 Å². The summed E-state index contributed by atoms with van der Waals surface area (Å²) in [5.74, 6) is 0.874. The van der Waals surface area contributed by atoms with Gasteiger partial charge in [-0.05, 0) is 44.0 Å². The Kier molecular flexibility index (Phi) is 7.02. The average Bonchev–Trinajstić information content (AvgIpc) is 3.07. The van der Waals surface area contributed by atoms with Crippen molar-refractivity contribution in [2.45, 2.75) is 33.7 Å². The summed E-state index contributed by atoms with van der Waals surface area (Å²) in [6.45, 7) is 11.0. The number of nitrogens with zero attached hydrogens (tertiary/aromatic N) is 5. The molecule has 7 nitrogen and oxygen atoms in total. The van der Waals surface area contributed by atoms with Gasteiger partial charge in [0, 0.05) is 51.0 Å². The van der Waals surface area contributed by atoms with Crippen LogP contribution in [0.25, 0.3) is 0 Å². The molecule has 0 radical (unpaired) electrons. The molecule has 1 fully saturated rings. The van der Waals surface area contributed by atoms with Crippen LogP contribution in [0.15, 0.2) is 28.8 Å². The lowest BCUT2D eigenvalue weighted by atomic mass is 10.1. The molecule has 1 aromatic carbocycles. The molecule has 2 heterocycles. The Balaban J connectivity index is 1.57. The molecule has 3 rings (SSSR count). The van der Waals surface area contributed by atoms with Crippen LogP contribution in [0, 0.1) is 32.1 Å². The van der Waals surface area contributed by atoms with Crippen molar-refractivity contribution < 1.29 is 9.32 Å². The maximum Gasteiger partial charge on any atom is 0.241 e. The summed E-state index contributed by atoms with van der Waals surface area (Å²) in [6, 6.07) is 10.2. The number of aromatic nitrogens is 1. The van der Waals surface area contributed by atoms with Crippen LogP contribution in [-0.4, -0.2) is 60.1 Å². The smallest absolute Gasteiger partial charge is 0.241 e. The SMILES string of the molecule is Cc1cc(C)cc(N(CCC#N)C(=O)CN2CCN(Cc3cc(C)on3)CC2)c1. The van der Waals surface area contributed by atoms with Gasteiger partial charge in [0.1, 0.15) is 5.76 Å². The minimum absolute atomic E-state index is 0.0471. The zero-order valence-electron chi connectivity index (χ0n) is 17.5. The van der Waals surface area contributed by atoms with Crippen LogP contribution in [-0.2, 0) is 11.3 Å². The second-order valence-corrected chi connectivity index (χ2v) is 7.78. The molecule has 1 saturated heterocycles. The van der Waals surface area contributed by atoms with Crippen molar-refractivity contribution in [1.82, 2.24) is 15.0 Å². The molecule has 2 aromatic rings. The lowest BCUT2D eigenvalue weighted by molar-refractivity contribution is -0.120. The van der Waals surface area contributed by atoms with Gasteiger partial charge < -0.3 is 9.42 Å². The van der Waals surface area contributed by atoms with Gasteiger partial charge in [0.2, 0.25) is 5.91 Å². The van der Waals surface area contributed by atoms with Crippen LogP contribution in [0.3, 0.4) is 0 Å². The number of carbonyl (C=O) groups is 1. The number of aryl methyl sites for hydroxylation is 3. The summed E-state index contributed by atoms with van der Waals surface area (Å²) in [5.41, 5.74) is 4.06. The number of nitriles is 1. The molecule has 0 saturated carbocycles. The lowest BCUT2D eigenvalue weighted by Gasteiger charge is -2.35. The van der Waals surface area contributed by atoms with E-state index in [4.69, 9.17) is 9.78 Å². The maximum atomic E-state index is 13.1. The Morgan fingerprint density at radius 1 is 1.10 bits per heavy atom. The lowest BCUT2D eigenvalue weighted by Crippen LogP contribution is -2.50. The summed E-state index contributed by atoms with van der Waals surface area (Å²) in [4.78, 5) is 19.3. The molecule has 7 heteroatoms. The number of rotatable bonds is 7. The van der Waals surface area contributed by atoms with Gasteiger partial charge in [-0.15, -0.1) is 0 Å². The molecule has 0 unspecified atom stereocenters. The predicted octanol–water partition coefficient (Wildman–Crippen LogP) is 2.66. The number of anilines is 1. The second-order valence-electron chi connectivity index (χ2n) is 7.78. The van der Waals surface area contributed by atoms with Gasteiger partial charge in [0.15, 0.2) is 0 Å². The normalized spacial score (nSPS) is 15.2. The molecule has 0 N–H and O–H groups in total. The zero-order valence-corrected chi connectivity index (χ0v) is 17.5. The van der Waals surface area contributed by atoms with E-state index < -0.39 is 0 Å². The Hall–Kier alpha value is -2.69. The number of piperazine rings is 1. The van der Waals surface area contributed by atoms with Gasteiger partial charge in [0.05, 0.1) is 24.7 Å². The molecule has 1 amide bonds. The zero-order chi connectivity index (χ0) is 20.8. The van der Waals surface area contributed by atoms with E-state index >= 15 is 0 Å². The molecule has 1 aliphatic heterocycles. The van der Waals surface area contributed by atoms with E-state index in [2.05, 4.69) is 27.1 Å². The second kappa shape index (κ2) is 9.68. The third kappa shape index (κ3) is 5.89. The average molecular weight is 396 g/mol. The molecule has 154 valence electrons. The number of amides is 1.